The van der Waals surface area contributed by atoms with E-state index in [1.807, 2.05) is 20.8 Å². The maximum Gasteiger partial charge on any atom is 0.276 e. The van der Waals surface area contributed by atoms with Gasteiger partial charge in [0.15, 0.2) is 5.69 Å². The van der Waals surface area contributed by atoms with Crippen molar-refractivity contribution in [1.82, 2.24) is 30.1 Å². The standard InChI is InChI=1S/C18H21FN6O/c1-11-17(12(2)21-20-11)13(3)24(4)18(26)16-10-25(23-22-16)9-14-7-5-6-8-15(14)19/h5-8,10,13H,9H2,1-4H3,(H,20,21). The molecule has 0 aliphatic rings. The number of aromatic nitrogens is 5. The van der Waals surface area contributed by atoms with Crippen LogP contribution in [0.25, 0.3) is 0 Å². The molecular weight excluding hydrogens is 335 g/mol. The zero-order valence-electron chi connectivity index (χ0n) is 15.2. The van der Waals surface area contributed by atoms with Gasteiger partial charge in [0.05, 0.1) is 24.5 Å². The number of carbonyl (C=O) groups is 1. The fourth-order valence-electron chi connectivity index (χ4n) is 3.00. The maximum absolute atomic E-state index is 13.8. The van der Waals surface area contributed by atoms with Crippen molar-refractivity contribution in [2.75, 3.05) is 7.05 Å². The second kappa shape index (κ2) is 7.07. The average Bonchev–Trinajstić information content (AvgIpc) is 3.22. The molecule has 3 rings (SSSR count). The normalized spacial score (nSPS) is 12.2. The first-order valence-corrected chi connectivity index (χ1v) is 8.30. The molecular formula is C18H21FN6O. The Morgan fingerprint density at radius 2 is 2.08 bits per heavy atom. The molecule has 3 aromatic rings. The van der Waals surface area contributed by atoms with Crippen LogP contribution in [0.2, 0.25) is 0 Å². The zero-order valence-corrected chi connectivity index (χ0v) is 15.2. The molecule has 8 heteroatoms. The summed E-state index contributed by atoms with van der Waals surface area (Å²) in [6.45, 7) is 5.98. The molecule has 2 aromatic heterocycles. The van der Waals surface area contributed by atoms with Gasteiger partial charge in [0.1, 0.15) is 5.82 Å². The SMILES string of the molecule is Cc1n[nH]c(C)c1C(C)N(C)C(=O)c1cn(Cc2ccccc2F)nn1. The molecule has 0 fully saturated rings. The van der Waals surface area contributed by atoms with E-state index in [2.05, 4.69) is 20.5 Å². The number of nitrogens with zero attached hydrogens (tertiary/aromatic N) is 5. The van der Waals surface area contributed by atoms with Crippen LogP contribution in [0.4, 0.5) is 4.39 Å². The van der Waals surface area contributed by atoms with Gasteiger partial charge in [-0.05, 0) is 26.8 Å². The van der Waals surface area contributed by atoms with E-state index in [4.69, 9.17) is 0 Å². The van der Waals surface area contributed by atoms with Crippen LogP contribution < -0.4 is 0 Å². The summed E-state index contributed by atoms with van der Waals surface area (Å²) >= 11 is 0. The fourth-order valence-corrected chi connectivity index (χ4v) is 3.00. The van der Waals surface area contributed by atoms with E-state index in [0.717, 1.165) is 17.0 Å². The largest absolute Gasteiger partial charge is 0.333 e. The molecule has 1 N–H and O–H groups in total. The minimum absolute atomic E-state index is 0.169. The fraction of sp³-hybridized carbons (Fsp3) is 0.333. The summed E-state index contributed by atoms with van der Waals surface area (Å²) in [7, 11) is 1.72. The molecule has 0 saturated heterocycles. The van der Waals surface area contributed by atoms with Gasteiger partial charge >= 0.3 is 0 Å². The number of aromatic amines is 1. The molecule has 0 aliphatic carbocycles. The number of halogens is 1. The van der Waals surface area contributed by atoms with Crippen LogP contribution in [-0.2, 0) is 6.54 Å². The molecule has 0 bridgehead atoms. The lowest BCUT2D eigenvalue weighted by atomic mass is 10.1. The van der Waals surface area contributed by atoms with Gasteiger partial charge in [-0.2, -0.15) is 5.10 Å². The number of amides is 1. The number of H-pyrrole nitrogens is 1. The lowest BCUT2D eigenvalue weighted by Gasteiger charge is -2.24. The second-order valence-corrected chi connectivity index (χ2v) is 6.33. The van der Waals surface area contributed by atoms with E-state index < -0.39 is 0 Å². The van der Waals surface area contributed by atoms with Crippen molar-refractivity contribution in [2.24, 2.45) is 0 Å². The van der Waals surface area contributed by atoms with Crippen LogP contribution in [0.1, 0.15) is 46.0 Å². The van der Waals surface area contributed by atoms with Gasteiger partial charge in [-0.1, -0.05) is 23.4 Å². The maximum atomic E-state index is 13.8. The summed E-state index contributed by atoms with van der Waals surface area (Å²) < 4.78 is 15.2. The van der Waals surface area contributed by atoms with Crippen LogP contribution in [-0.4, -0.2) is 43.0 Å². The highest BCUT2D eigenvalue weighted by Crippen LogP contribution is 2.25. The molecule has 136 valence electrons. The van der Waals surface area contributed by atoms with Gasteiger partial charge in [-0.3, -0.25) is 9.89 Å². The number of hydrogen-bond donors (Lipinski definition) is 1. The number of rotatable bonds is 5. The van der Waals surface area contributed by atoms with E-state index in [1.165, 1.54) is 16.9 Å². The minimum atomic E-state index is -0.312. The highest BCUT2D eigenvalue weighted by molar-refractivity contribution is 5.92. The smallest absolute Gasteiger partial charge is 0.276 e. The summed E-state index contributed by atoms with van der Waals surface area (Å²) in [5, 5.41) is 15.0. The summed E-state index contributed by atoms with van der Waals surface area (Å²) in [5.41, 5.74) is 3.48. The molecule has 1 aromatic carbocycles. The number of aryl methyl sites for hydroxylation is 2. The molecule has 7 nitrogen and oxygen atoms in total. The molecule has 1 atom stereocenters. The van der Waals surface area contributed by atoms with Crippen LogP contribution >= 0.6 is 0 Å². The Balaban J connectivity index is 1.76. The summed E-state index contributed by atoms with van der Waals surface area (Å²) in [6, 6.07) is 6.29. The van der Waals surface area contributed by atoms with Gasteiger partial charge in [-0.25, -0.2) is 9.07 Å². The lowest BCUT2D eigenvalue weighted by molar-refractivity contribution is 0.0736. The van der Waals surface area contributed by atoms with E-state index in [9.17, 15) is 9.18 Å². The van der Waals surface area contributed by atoms with Crippen molar-refractivity contribution in [1.29, 1.82) is 0 Å². The van der Waals surface area contributed by atoms with Crippen LogP contribution in [0.15, 0.2) is 30.5 Å². The molecule has 0 radical (unpaired) electrons. The number of nitrogens with one attached hydrogen (secondary N) is 1. The van der Waals surface area contributed by atoms with Crippen LogP contribution in [0.3, 0.4) is 0 Å². The van der Waals surface area contributed by atoms with Crippen molar-refractivity contribution in [3.05, 3.63) is 64.5 Å². The number of carbonyl (C=O) groups excluding carboxylic acids is 1. The topological polar surface area (TPSA) is 79.7 Å². The molecule has 0 aliphatic heterocycles. The van der Waals surface area contributed by atoms with Crippen LogP contribution in [0, 0.1) is 19.7 Å². The Bertz CT molecular complexity index is 912. The van der Waals surface area contributed by atoms with E-state index >= 15 is 0 Å². The van der Waals surface area contributed by atoms with E-state index in [0.29, 0.717) is 5.56 Å². The van der Waals surface area contributed by atoms with Crippen molar-refractivity contribution < 1.29 is 9.18 Å². The third kappa shape index (κ3) is 3.35. The zero-order chi connectivity index (χ0) is 18.8. The van der Waals surface area contributed by atoms with E-state index in [1.54, 1.807) is 30.1 Å². The monoisotopic (exact) mass is 356 g/mol. The van der Waals surface area contributed by atoms with Crippen molar-refractivity contribution >= 4 is 5.91 Å². The third-order valence-corrected chi connectivity index (χ3v) is 4.55. The highest BCUT2D eigenvalue weighted by atomic mass is 19.1. The predicted molar refractivity (Wildman–Crippen MR) is 94.1 cm³/mol. The molecule has 1 unspecified atom stereocenters. The van der Waals surface area contributed by atoms with Crippen LogP contribution in [0.5, 0.6) is 0 Å². The molecule has 0 saturated carbocycles. The van der Waals surface area contributed by atoms with E-state index in [-0.39, 0.29) is 30.0 Å². The Morgan fingerprint density at radius 3 is 2.73 bits per heavy atom. The quantitative estimate of drug-likeness (QED) is 0.762. The van der Waals surface area contributed by atoms with Gasteiger partial charge < -0.3 is 4.90 Å². The number of benzene rings is 1. The average molecular weight is 356 g/mol. The highest BCUT2D eigenvalue weighted by Gasteiger charge is 2.25. The summed E-state index contributed by atoms with van der Waals surface area (Å²) in [4.78, 5) is 14.3. The van der Waals surface area contributed by atoms with Gasteiger partial charge in [-0.15, -0.1) is 5.10 Å². The first-order valence-electron chi connectivity index (χ1n) is 8.30. The Labute approximate surface area is 150 Å². The Morgan fingerprint density at radius 1 is 1.35 bits per heavy atom. The molecule has 26 heavy (non-hydrogen) atoms. The predicted octanol–water partition coefficient (Wildman–Crippen LogP) is 2.64. The molecule has 2 heterocycles. The minimum Gasteiger partial charge on any atom is -0.333 e. The molecule has 0 spiro atoms. The lowest BCUT2D eigenvalue weighted by Crippen LogP contribution is -2.30. The number of hydrogen-bond acceptors (Lipinski definition) is 4. The Kier molecular flexibility index (Phi) is 4.83. The second-order valence-electron chi connectivity index (χ2n) is 6.33. The third-order valence-electron chi connectivity index (χ3n) is 4.55. The Hall–Kier alpha value is -3.03. The first kappa shape index (κ1) is 17.8. The van der Waals surface area contributed by atoms with Crippen molar-refractivity contribution in [2.45, 2.75) is 33.4 Å². The van der Waals surface area contributed by atoms with Crippen molar-refractivity contribution in [3.8, 4) is 0 Å². The van der Waals surface area contributed by atoms with Crippen molar-refractivity contribution in [3.63, 3.8) is 0 Å². The van der Waals surface area contributed by atoms with Gasteiger partial charge in [0.2, 0.25) is 0 Å². The van der Waals surface area contributed by atoms with Gasteiger partial charge in [0, 0.05) is 23.9 Å². The van der Waals surface area contributed by atoms with Gasteiger partial charge in [0.25, 0.3) is 5.91 Å². The first-order chi connectivity index (χ1) is 12.4. The molecule has 1 amide bonds. The summed E-state index contributed by atoms with van der Waals surface area (Å²) in [5.74, 6) is -0.565. The summed E-state index contributed by atoms with van der Waals surface area (Å²) in [6.07, 6.45) is 1.53.